The topological polar surface area (TPSA) is 78.5 Å². The van der Waals surface area contributed by atoms with E-state index in [-0.39, 0.29) is 23.6 Å². The molecule has 0 atom stereocenters. The minimum atomic E-state index is -0.144. The lowest BCUT2D eigenvalue weighted by atomic mass is 9.96. The molecule has 0 unspecified atom stereocenters. The fourth-order valence-electron chi connectivity index (χ4n) is 2.65. The van der Waals surface area contributed by atoms with Gasteiger partial charge in [-0.05, 0) is 25.0 Å². The van der Waals surface area contributed by atoms with Gasteiger partial charge in [0.15, 0.2) is 0 Å². The van der Waals surface area contributed by atoms with Gasteiger partial charge in [0.25, 0.3) is 5.91 Å². The van der Waals surface area contributed by atoms with Crippen LogP contribution < -0.4 is 10.6 Å². The lowest BCUT2D eigenvalue weighted by molar-refractivity contribution is -0.133. The molecule has 1 heterocycles. The number of nitrogens with one attached hydrogen (secondary N) is 2. The average molecular weight is 317 g/mol. The Morgan fingerprint density at radius 2 is 1.65 bits per heavy atom. The van der Waals surface area contributed by atoms with Gasteiger partial charge in [0.2, 0.25) is 11.8 Å². The number of benzene rings is 1. The maximum Gasteiger partial charge on any atom is 0.251 e. The quantitative estimate of drug-likeness (QED) is 0.788. The lowest BCUT2D eigenvalue weighted by Gasteiger charge is -2.30. The third kappa shape index (κ3) is 5.09. The van der Waals surface area contributed by atoms with Crippen LogP contribution in [0.5, 0.6) is 0 Å². The number of likely N-dealkylation sites (tertiary alicyclic amines) is 1. The van der Waals surface area contributed by atoms with E-state index in [2.05, 4.69) is 10.6 Å². The van der Waals surface area contributed by atoms with E-state index in [1.54, 1.807) is 24.0 Å². The van der Waals surface area contributed by atoms with Gasteiger partial charge in [-0.2, -0.15) is 0 Å². The SMILES string of the molecule is CC(=O)N1CCC(C(=O)NCCNC(=O)c2ccccc2)CC1. The van der Waals surface area contributed by atoms with Crippen LogP contribution in [0.1, 0.15) is 30.1 Å². The molecule has 1 aliphatic rings. The van der Waals surface area contributed by atoms with Crippen molar-refractivity contribution in [3.8, 4) is 0 Å². The van der Waals surface area contributed by atoms with Crippen molar-refractivity contribution in [3.63, 3.8) is 0 Å². The number of rotatable bonds is 5. The Morgan fingerprint density at radius 3 is 2.26 bits per heavy atom. The molecule has 0 aliphatic carbocycles. The van der Waals surface area contributed by atoms with Crippen LogP contribution in [-0.4, -0.2) is 48.8 Å². The van der Waals surface area contributed by atoms with Crippen molar-refractivity contribution in [1.29, 1.82) is 0 Å². The second-order valence-corrected chi connectivity index (χ2v) is 5.69. The summed E-state index contributed by atoms with van der Waals surface area (Å²) in [5.74, 6) is -0.125. The standard InChI is InChI=1S/C17H23N3O3/c1-13(21)20-11-7-15(8-12-20)17(23)19-10-9-18-16(22)14-5-3-2-4-6-14/h2-6,15H,7-12H2,1H3,(H,18,22)(H,19,23). The Hall–Kier alpha value is -2.37. The van der Waals surface area contributed by atoms with Crippen molar-refractivity contribution in [1.82, 2.24) is 15.5 Å². The van der Waals surface area contributed by atoms with Crippen molar-refractivity contribution in [2.75, 3.05) is 26.2 Å². The Kier molecular flexibility index (Phi) is 6.14. The normalized spacial score (nSPS) is 15.1. The molecule has 0 aromatic heterocycles. The predicted molar refractivity (Wildman–Crippen MR) is 86.8 cm³/mol. The summed E-state index contributed by atoms with van der Waals surface area (Å²) in [5, 5.41) is 5.62. The zero-order valence-electron chi connectivity index (χ0n) is 13.4. The van der Waals surface area contributed by atoms with Gasteiger partial charge in [0, 0.05) is 44.6 Å². The number of hydrogen-bond acceptors (Lipinski definition) is 3. The summed E-state index contributed by atoms with van der Waals surface area (Å²) in [5.41, 5.74) is 0.607. The van der Waals surface area contributed by atoms with Crippen LogP contribution in [0.15, 0.2) is 30.3 Å². The molecule has 6 heteroatoms. The minimum absolute atomic E-state index is 0.00200. The van der Waals surface area contributed by atoms with Gasteiger partial charge in [-0.15, -0.1) is 0 Å². The summed E-state index contributed by atoms with van der Waals surface area (Å²) in [6, 6.07) is 8.97. The second-order valence-electron chi connectivity index (χ2n) is 5.69. The molecular weight excluding hydrogens is 294 g/mol. The maximum atomic E-state index is 12.1. The first-order chi connectivity index (χ1) is 11.1. The molecule has 6 nitrogen and oxygen atoms in total. The van der Waals surface area contributed by atoms with Gasteiger partial charge in [0.1, 0.15) is 0 Å². The summed E-state index contributed by atoms with van der Waals surface area (Å²) in [6.45, 7) is 3.63. The molecule has 1 aromatic rings. The smallest absolute Gasteiger partial charge is 0.251 e. The van der Waals surface area contributed by atoms with Gasteiger partial charge >= 0.3 is 0 Å². The first-order valence-electron chi connectivity index (χ1n) is 7.94. The molecule has 23 heavy (non-hydrogen) atoms. The van der Waals surface area contributed by atoms with Gasteiger partial charge in [-0.25, -0.2) is 0 Å². The fourth-order valence-corrected chi connectivity index (χ4v) is 2.65. The minimum Gasteiger partial charge on any atom is -0.354 e. The van der Waals surface area contributed by atoms with Crippen molar-refractivity contribution in [3.05, 3.63) is 35.9 Å². The number of carbonyl (C=O) groups excluding carboxylic acids is 3. The van der Waals surface area contributed by atoms with E-state index in [0.717, 1.165) is 0 Å². The number of amides is 3. The Balaban J connectivity index is 1.64. The zero-order chi connectivity index (χ0) is 16.7. The Bertz CT molecular complexity index is 551. The van der Waals surface area contributed by atoms with E-state index in [0.29, 0.717) is 44.6 Å². The van der Waals surface area contributed by atoms with Gasteiger partial charge in [-0.3, -0.25) is 14.4 Å². The lowest BCUT2D eigenvalue weighted by Crippen LogP contribution is -2.43. The second kappa shape index (κ2) is 8.31. The Morgan fingerprint density at radius 1 is 1.04 bits per heavy atom. The predicted octanol–water partition coefficient (Wildman–Crippen LogP) is 0.791. The molecule has 3 amide bonds. The number of piperidine rings is 1. The third-order valence-electron chi connectivity index (χ3n) is 4.06. The molecule has 0 spiro atoms. The van der Waals surface area contributed by atoms with Gasteiger partial charge < -0.3 is 15.5 Å². The fraction of sp³-hybridized carbons (Fsp3) is 0.471. The summed E-state index contributed by atoms with van der Waals surface area (Å²) in [4.78, 5) is 36.9. The molecular formula is C17H23N3O3. The van der Waals surface area contributed by atoms with E-state index in [1.807, 2.05) is 18.2 Å². The van der Waals surface area contributed by atoms with Crippen molar-refractivity contribution >= 4 is 17.7 Å². The van der Waals surface area contributed by atoms with Crippen molar-refractivity contribution in [2.24, 2.45) is 5.92 Å². The van der Waals surface area contributed by atoms with Crippen LogP contribution in [0, 0.1) is 5.92 Å². The van der Waals surface area contributed by atoms with Crippen LogP contribution in [-0.2, 0) is 9.59 Å². The molecule has 0 bridgehead atoms. The zero-order valence-corrected chi connectivity index (χ0v) is 13.4. The highest BCUT2D eigenvalue weighted by molar-refractivity contribution is 5.94. The average Bonchev–Trinajstić information content (AvgIpc) is 2.59. The van der Waals surface area contributed by atoms with Crippen molar-refractivity contribution < 1.29 is 14.4 Å². The molecule has 0 saturated carbocycles. The van der Waals surface area contributed by atoms with Crippen LogP contribution in [0.3, 0.4) is 0 Å². The first-order valence-corrected chi connectivity index (χ1v) is 7.94. The van der Waals surface area contributed by atoms with E-state index in [4.69, 9.17) is 0 Å². The summed E-state index contributed by atoms with van der Waals surface area (Å²) in [6.07, 6.45) is 1.39. The van der Waals surface area contributed by atoms with Crippen LogP contribution in [0.4, 0.5) is 0 Å². The number of nitrogens with zero attached hydrogens (tertiary/aromatic N) is 1. The van der Waals surface area contributed by atoms with E-state index >= 15 is 0 Å². The number of carbonyl (C=O) groups is 3. The number of hydrogen-bond donors (Lipinski definition) is 2. The van der Waals surface area contributed by atoms with Crippen LogP contribution in [0.25, 0.3) is 0 Å². The Labute approximate surface area is 136 Å². The van der Waals surface area contributed by atoms with Crippen LogP contribution in [0.2, 0.25) is 0 Å². The first kappa shape index (κ1) is 17.0. The molecule has 1 aliphatic heterocycles. The van der Waals surface area contributed by atoms with E-state index in [1.165, 1.54) is 0 Å². The van der Waals surface area contributed by atoms with Crippen molar-refractivity contribution in [2.45, 2.75) is 19.8 Å². The largest absolute Gasteiger partial charge is 0.354 e. The van der Waals surface area contributed by atoms with Crippen LogP contribution >= 0.6 is 0 Å². The monoisotopic (exact) mass is 317 g/mol. The summed E-state index contributed by atoms with van der Waals surface area (Å²) < 4.78 is 0. The molecule has 124 valence electrons. The molecule has 1 fully saturated rings. The third-order valence-corrected chi connectivity index (χ3v) is 4.06. The maximum absolute atomic E-state index is 12.1. The highest BCUT2D eigenvalue weighted by atomic mass is 16.2. The molecule has 1 aromatic carbocycles. The highest BCUT2D eigenvalue weighted by Crippen LogP contribution is 2.17. The van der Waals surface area contributed by atoms with Gasteiger partial charge in [-0.1, -0.05) is 18.2 Å². The molecule has 1 saturated heterocycles. The summed E-state index contributed by atoms with van der Waals surface area (Å²) in [7, 11) is 0. The van der Waals surface area contributed by atoms with Gasteiger partial charge in [0.05, 0.1) is 0 Å². The van der Waals surface area contributed by atoms with E-state index < -0.39 is 0 Å². The molecule has 0 radical (unpaired) electrons. The highest BCUT2D eigenvalue weighted by Gasteiger charge is 2.25. The molecule has 2 rings (SSSR count). The van der Waals surface area contributed by atoms with E-state index in [9.17, 15) is 14.4 Å². The molecule has 2 N–H and O–H groups in total. The summed E-state index contributed by atoms with van der Waals surface area (Å²) >= 11 is 0.